The molecule has 124 valence electrons. The Hall–Kier alpha value is -3.26. The lowest BCUT2D eigenvalue weighted by molar-refractivity contribution is 0.0951. The summed E-state index contributed by atoms with van der Waals surface area (Å²) >= 11 is 0. The van der Waals surface area contributed by atoms with E-state index in [-0.39, 0.29) is 5.91 Å². The highest BCUT2D eigenvalue weighted by Gasteiger charge is 2.17. The number of anilines is 1. The van der Waals surface area contributed by atoms with E-state index in [2.05, 4.69) is 22.3 Å². The second-order valence-corrected chi connectivity index (χ2v) is 6.21. The Morgan fingerprint density at radius 1 is 1.28 bits per heavy atom. The number of nitrogens with zero attached hydrogens (tertiary/aromatic N) is 1. The van der Waals surface area contributed by atoms with E-state index in [0.717, 1.165) is 16.5 Å². The van der Waals surface area contributed by atoms with Crippen molar-refractivity contribution in [2.24, 2.45) is 5.92 Å². The summed E-state index contributed by atoms with van der Waals surface area (Å²) in [7, 11) is 0. The number of carbonyl (C=O) groups is 1. The quantitative estimate of drug-likeness (QED) is 0.723. The van der Waals surface area contributed by atoms with Crippen molar-refractivity contribution in [2.45, 2.75) is 19.4 Å². The molecule has 0 saturated heterocycles. The Balaban J connectivity index is 1.44. The molecule has 2 aromatic carbocycles. The molecule has 0 spiro atoms. The number of benzene rings is 2. The number of amides is 1. The van der Waals surface area contributed by atoms with Crippen LogP contribution in [0.3, 0.4) is 0 Å². The molecule has 3 N–H and O–H groups in total. The first kappa shape index (κ1) is 15.3. The van der Waals surface area contributed by atoms with Crippen molar-refractivity contribution in [1.82, 2.24) is 10.5 Å². The maximum atomic E-state index is 12.4. The fraction of sp³-hybridized carbons (Fsp3) is 0.200. The van der Waals surface area contributed by atoms with Gasteiger partial charge in [-0.05, 0) is 48.7 Å². The summed E-state index contributed by atoms with van der Waals surface area (Å²) in [6.45, 7) is 0.396. The molecule has 0 aliphatic heterocycles. The number of hydrogen-bond acceptors (Lipinski definition) is 4. The van der Waals surface area contributed by atoms with Gasteiger partial charge in [0.25, 0.3) is 5.91 Å². The fourth-order valence-corrected chi connectivity index (χ4v) is 2.55. The highest BCUT2D eigenvalue weighted by molar-refractivity contribution is 5.94. The predicted molar refractivity (Wildman–Crippen MR) is 95.6 cm³/mol. The van der Waals surface area contributed by atoms with Gasteiger partial charge in [0.15, 0.2) is 11.4 Å². The average molecular weight is 331 g/mol. The number of aromatic nitrogens is 1. The number of carbonyl (C=O) groups excluding carboxylic acids is 1. The number of nitrogens with two attached hydrogens (primary N) is 1. The van der Waals surface area contributed by atoms with Gasteiger partial charge >= 0.3 is 0 Å². The lowest BCUT2D eigenvalue weighted by Crippen LogP contribution is -2.22. The van der Waals surface area contributed by atoms with Crippen molar-refractivity contribution in [3.63, 3.8) is 0 Å². The maximum absolute atomic E-state index is 12.4. The van der Waals surface area contributed by atoms with Crippen molar-refractivity contribution in [3.8, 4) is 11.8 Å². The molecule has 3 aromatic rings. The summed E-state index contributed by atoms with van der Waals surface area (Å²) in [5.41, 5.74) is 8.71. The average Bonchev–Trinajstić information content (AvgIpc) is 3.40. The van der Waals surface area contributed by atoms with E-state index in [4.69, 9.17) is 10.3 Å². The molecule has 1 amide bonds. The second-order valence-electron chi connectivity index (χ2n) is 6.21. The van der Waals surface area contributed by atoms with Crippen LogP contribution in [-0.4, -0.2) is 11.1 Å². The van der Waals surface area contributed by atoms with E-state index in [9.17, 15) is 4.79 Å². The first-order valence-corrected chi connectivity index (χ1v) is 8.22. The zero-order valence-corrected chi connectivity index (χ0v) is 13.6. The molecule has 0 unspecified atom stereocenters. The van der Waals surface area contributed by atoms with Crippen molar-refractivity contribution < 1.29 is 9.32 Å². The van der Waals surface area contributed by atoms with Gasteiger partial charge in [-0.2, -0.15) is 0 Å². The van der Waals surface area contributed by atoms with Crippen LogP contribution in [-0.2, 0) is 6.54 Å². The van der Waals surface area contributed by atoms with E-state index >= 15 is 0 Å². The van der Waals surface area contributed by atoms with Crippen LogP contribution in [0.1, 0.15) is 34.3 Å². The summed E-state index contributed by atoms with van der Waals surface area (Å²) in [5.74, 6) is 7.12. The van der Waals surface area contributed by atoms with Gasteiger partial charge in [-0.25, -0.2) is 0 Å². The summed E-state index contributed by atoms with van der Waals surface area (Å²) < 4.78 is 5.14. The summed E-state index contributed by atoms with van der Waals surface area (Å²) in [6, 6.07) is 13.0. The predicted octanol–water partition coefficient (Wildman–Crippen LogP) is 3.10. The standard InChI is InChI=1S/C20H17N3O2/c21-19-17-9-8-15(11-18(17)25-23-19)12-22-20(24)16-3-1-2-14(10-16)7-6-13-4-5-13/h1-3,8-11,13H,4-5,12H2,(H2,21,23)(H,22,24). The van der Waals surface area contributed by atoms with Gasteiger partial charge < -0.3 is 15.6 Å². The zero-order chi connectivity index (χ0) is 17.2. The molecule has 1 aliphatic rings. The topological polar surface area (TPSA) is 81.2 Å². The van der Waals surface area contributed by atoms with Crippen LogP contribution >= 0.6 is 0 Å². The van der Waals surface area contributed by atoms with Crippen LogP contribution in [0.15, 0.2) is 47.0 Å². The molecular weight excluding hydrogens is 314 g/mol. The van der Waals surface area contributed by atoms with Gasteiger partial charge in [0.1, 0.15) is 0 Å². The van der Waals surface area contributed by atoms with Gasteiger partial charge in [-0.15, -0.1) is 0 Å². The third-order valence-electron chi connectivity index (χ3n) is 4.14. The Morgan fingerprint density at radius 3 is 3.00 bits per heavy atom. The molecule has 0 atom stereocenters. The minimum absolute atomic E-state index is 0.132. The smallest absolute Gasteiger partial charge is 0.251 e. The minimum atomic E-state index is -0.132. The molecule has 0 radical (unpaired) electrons. The molecule has 1 heterocycles. The summed E-state index contributed by atoms with van der Waals surface area (Å²) in [4.78, 5) is 12.4. The number of fused-ring (bicyclic) bond motifs is 1. The molecule has 1 aliphatic carbocycles. The molecular formula is C20H17N3O2. The Kier molecular flexibility index (Phi) is 3.87. The fourth-order valence-electron chi connectivity index (χ4n) is 2.55. The monoisotopic (exact) mass is 331 g/mol. The second kappa shape index (κ2) is 6.33. The maximum Gasteiger partial charge on any atom is 0.251 e. The van der Waals surface area contributed by atoms with Crippen LogP contribution in [0, 0.1) is 17.8 Å². The molecule has 1 saturated carbocycles. The Morgan fingerprint density at radius 2 is 2.16 bits per heavy atom. The molecule has 1 aromatic heterocycles. The number of hydrogen-bond donors (Lipinski definition) is 2. The highest BCUT2D eigenvalue weighted by atomic mass is 16.5. The Labute approximate surface area is 145 Å². The van der Waals surface area contributed by atoms with Crippen LogP contribution < -0.4 is 11.1 Å². The minimum Gasteiger partial charge on any atom is -0.380 e. The number of rotatable bonds is 3. The normalized spacial score (nSPS) is 13.3. The molecule has 0 bridgehead atoms. The van der Waals surface area contributed by atoms with Gasteiger partial charge in [0, 0.05) is 23.6 Å². The molecule has 25 heavy (non-hydrogen) atoms. The molecule has 5 nitrogen and oxygen atoms in total. The first-order chi connectivity index (χ1) is 12.2. The molecule has 5 heteroatoms. The summed E-state index contributed by atoms with van der Waals surface area (Å²) in [5, 5.41) is 7.41. The highest BCUT2D eigenvalue weighted by Crippen LogP contribution is 2.27. The van der Waals surface area contributed by atoms with Crippen LogP contribution in [0.4, 0.5) is 5.82 Å². The lowest BCUT2D eigenvalue weighted by atomic mass is 10.1. The third kappa shape index (κ3) is 3.48. The van der Waals surface area contributed by atoms with Gasteiger partial charge in [-0.3, -0.25) is 4.79 Å². The summed E-state index contributed by atoms with van der Waals surface area (Å²) in [6.07, 6.45) is 2.38. The Bertz CT molecular complexity index is 1010. The molecule has 1 fully saturated rings. The number of nitrogens with one attached hydrogen (secondary N) is 1. The van der Waals surface area contributed by atoms with E-state index in [1.807, 2.05) is 36.4 Å². The molecule has 4 rings (SSSR count). The van der Waals surface area contributed by atoms with Gasteiger partial charge in [0.2, 0.25) is 0 Å². The van der Waals surface area contributed by atoms with Gasteiger partial charge in [-0.1, -0.05) is 29.1 Å². The van der Waals surface area contributed by atoms with Crippen LogP contribution in [0.25, 0.3) is 11.0 Å². The van der Waals surface area contributed by atoms with E-state index in [1.165, 1.54) is 12.8 Å². The lowest BCUT2D eigenvalue weighted by Gasteiger charge is -2.06. The first-order valence-electron chi connectivity index (χ1n) is 8.22. The van der Waals surface area contributed by atoms with Crippen molar-refractivity contribution in [1.29, 1.82) is 0 Å². The van der Waals surface area contributed by atoms with E-state index in [1.54, 1.807) is 6.07 Å². The SMILES string of the molecule is Nc1noc2cc(CNC(=O)c3cccc(C#CC4CC4)c3)ccc12. The van der Waals surface area contributed by atoms with Crippen molar-refractivity contribution >= 4 is 22.7 Å². The van der Waals surface area contributed by atoms with E-state index < -0.39 is 0 Å². The van der Waals surface area contributed by atoms with Gasteiger partial charge in [0.05, 0.1) is 5.39 Å². The van der Waals surface area contributed by atoms with Crippen LogP contribution in [0.5, 0.6) is 0 Å². The zero-order valence-electron chi connectivity index (χ0n) is 13.6. The third-order valence-corrected chi connectivity index (χ3v) is 4.14. The van der Waals surface area contributed by atoms with Crippen LogP contribution in [0.2, 0.25) is 0 Å². The largest absolute Gasteiger partial charge is 0.380 e. The van der Waals surface area contributed by atoms with E-state index in [0.29, 0.717) is 29.4 Å². The van der Waals surface area contributed by atoms with Crippen molar-refractivity contribution in [3.05, 3.63) is 59.2 Å². The number of nitrogen functional groups attached to an aromatic ring is 1. The van der Waals surface area contributed by atoms with Crippen molar-refractivity contribution in [2.75, 3.05) is 5.73 Å².